The second kappa shape index (κ2) is 7.14. The minimum Gasteiger partial charge on any atom is -0.490 e. The van der Waals surface area contributed by atoms with Crippen LogP contribution in [0.2, 0.25) is 18.1 Å². The maximum Gasteiger partial charge on any atom is 0.193 e. The van der Waals surface area contributed by atoms with Crippen LogP contribution in [0.25, 0.3) is 0 Å². The van der Waals surface area contributed by atoms with Gasteiger partial charge in [-0.1, -0.05) is 20.8 Å². The van der Waals surface area contributed by atoms with Gasteiger partial charge >= 0.3 is 0 Å². The number of ether oxygens (including phenoxy) is 1. The lowest BCUT2D eigenvalue weighted by Gasteiger charge is -2.33. The molecule has 1 aliphatic carbocycles. The maximum atomic E-state index is 14.0. The quantitative estimate of drug-likeness (QED) is 0.475. The molecular weight excluding hydrogens is 311 g/mol. The van der Waals surface area contributed by atoms with Crippen molar-refractivity contribution in [3.05, 3.63) is 29.1 Å². The summed E-state index contributed by atoms with van der Waals surface area (Å²) < 4.78 is 26.4. The van der Waals surface area contributed by atoms with E-state index >= 15 is 0 Å². The average molecular weight is 338 g/mol. The Morgan fingerprint density at radius 2 is 1.83 bits per heavy atom. The van der Waals surface area contributed by atoms with Crippen molar-refractivity contribution >= 4 is 14.6 Å². The highest BCUT2D eigenvalue weighted by Gasteiger charge is 2.50. The molecule has 0 amide bonds. The molecule has 2 rings (SSSR count). The second-order valence-electron chi connectivity index (χ2n) is 6.53. The molecule has 0 N–H and O–H groups in total. The molecular formula is C18H27FO3Si. The van der Waals surface area contributed by atoms with Crippen molar-refractivity contribution in [3.8, 4) is 5.75 Å². The fourth-order valence-electron chi connectivity index (χ4n) is 2.99. The normalized spacial score (nSPS) is 16.2. The van der Waals surface area contributed by atoms with Crippen LogP contribution in [0.15, 0.2) is 12.1 Å². The minimum atomic E-state index is -1.67. The van der Waals surface area contributed by atoms with Crippen LogP contribution in [0.4, 0.5) is 4.39 Å². The lowest BCUT2D eigenvalue weighted by molar-refractivity contribution is 0.0964. The van der Waals surface area contributed by atoms with E-state index in [9.17, 15) is 9.18 Å². The van der Waals surface area contributed by atoms with Crippen molar-refractivity contribution < 1.29 is 18.3 Å². The van der Waals surface area contributed by atoms with Crippen LogP contribution >= 0.6 is 0 Å². The lowest BCUT2D eigenvalue weighted by Crippen LogP contribution is -2.43. The summed E-state index contributed by atoms with van der Waals surface area (Å²) in [5.41, 5.74) is 0.275. The molecule has 0 atom stereocenters. The first-order valence-corrected chi connectivity index (χ1v) is 11.0. The van der Waals surface area contributed by atoms with Gasteiger partial charge in [-0.25, -0.2) is 4.39 Å². The van der Waals surface area contributed by atoms with Crippen LogP contribution in [0, 0.1) is 12.7 Å². The number of benzene rings is 1. The van der Waals surface area contributed by atoms with Crippen molar-refractivity contribution in [1.29, 1.82) is 0 Å². The molecule has 1 aromatic rings. The van der Waals surface area contributed by atoms with Crippen LogP contribution in [0.5, 0.6) is 5.75 Å². The van der Waals surface area contributed by atoms with Crippen molar-refractivity contribution in [3.63, 3.8) is 0 Å². The first kappa shape index (κ1) is 18.1. The van der Waals surface area contributed by atoms with E-state index in [1.165, 1.54) is 6.07 Å². The molecule has 1 aromatic carbocycles. The molecule has 1 fully saturated rings. The fourth-order valence-corrected chi connectivity index (χ4v) is 6.10. The van der Waals surface area contributed by atoms with E-state index in [-0.39, 0.29) is 11.2 Å². The molecule has 0 bridgehead atoms. The molecule has 1 saturated carbocycles. The first-order valence-electron chi connectivity index (χ1n) is 8.52. The van der Waals surface area contributed by atoms with Crippen molar-refractivity contribution in [2.75, 3.05) is 6.61 Å². The fraction of sp³-hybridized carbons (Fsp3) is 0.611. The highest BCUT2D eigenvalue weighted by molar-refractivity contribution is 6.73. The van der Waals surface area contributed by atoms with Crippen LogP contribution in [-0.4, -0.2) is 26.8 Å². The first-order chi connectivity index (χ1) is 10.9. The monoisotopic (exact) mass is 338 g/mol. The molecule has 0 unspecified atom stereocenters. The Bertz CT molecular complexity index is 557. The van der Waals surface area contributed by atoms with E-state index in [0.29, 0.717) is 24.2 Å². The van der Waals surface area contributed by atoms with Gasteiger partial charge in [0.05, 0.1) is 11.2 Å². The number of hydrogen-bond acceptors (Lipinski definition) is 3. The van der Waals surface area contributed by atoms with E-state index in [1.54, 1.807) is 13.0 Å². The zero-order valence-corrected chi connectivity index (χ0v) is 15.6. The van der Waals surface area contributed by atoms with Gasteiger partial charge in [0.15, 0.2) is 14.6 Å². The standard InChI is InChI=1S/C18H27FO3Si/c1-5-23(6-2,7-3)22-18(10-11-18)13-21-16-9-8-15(12-20)17(19)14(16)4/h8-9,12H,5-7,10-11,13H2,1-4H3. The number of rotatable bonds is 9. The molecule has 0 aliphatic heterocycles. The number of aldehydes is 1. The Kier molecular flexibility index (Phi) is 5.63. The molecule has 5 heteroatoms. The van der Waals surface area contributed by atoms with Crippen LogP contribution in [-0.2, 0) is 4.43 Å². The molecule has 0 aromatic heterocycles. The lowest BCUT2D eigenvalue weighted by atomic mass is 10.1. The second-order valence-corrected chi connectivity index (χ2v) is 11.2. The SMILES string of the molecule is CC[Si](CC)(CC)OC1(COc2ccc(C=O)c(F)c2C)CC1. The Labute approximate surface area is 139 Å². The molecule has 0 spiro atoms. The molecule has 23 heavy (non-hydrogen) atoms. The van der Waals surface area contributed by atoms with Gasteiger partial charge in [0.25, 0.3) is 0 Å². The van der Waals surface area contributed by atoms with Gasteiger partial charge in [-0.15, -0.1) is 0 Å². The molecule has 3 nitrogen and oxygen atoms in total. The van der Waals surface area contributed by atoms with Crippen molar-refractivity contribution in [2.24, 2.45) is 0 Å². The summed E-state index contributed by atoms with van der Waals surface area (Å²) in [5, 5.41) is 0. The molecule has 0 heterocycles. The predicted molar refractivity (Wildman–Crippen MR) is 92.3 cm³/mol. The summed E-state index contributed by atoms with van der Waals surface area (Å²) in [6.07, 6.45) is 2.55. The van der Waals surface area contributed by atoms with Gasteiger partial charge in [-0.05, 0) is 50.0 Å². The number of hydrogen-bond donors (Lipinski definition) is 0. The molecule has 0 saturated heterocycles. The van der Waals surface area contributed by atoms with E-state index in [2.05, 4.69) is 20.8 Å². The Hall–Kier alpha value is -1.20. The van der Waals surface area contributed by atoms with Gasteiger partial charge in [0.2, 0.25) is 0 Å². The van der Waals surface area contributed by atoms with E-state index in [4.69, 9.17) is 9.16 Å². The summed E-state index contributed by atoms with van der Waals surface area (Å²) in [7, 11) is -1.67. The van der Waals surface area contributed by atoms with E-state index in [0.717, 1.165) is 31.0 Å². The highest BCUT2D eigenvalue weighted by Crippen LogP contribution is 2.44. The zero-order chi connectivity index (χ0) is 17.1. The van der Waals surface area contributed by atoms with Gasteiger partial charge in [0, 0.05) is 5.56 Å². The van der Waals surface area contributed by atoms with Crippen LogP contribution < -0.4 is 4.74 Å². The summed E-state index contributed by atoms with van der Waals surface area (Å²) in [6.45, 7) is 8.75. The molecule has 1 aliphatic rings. The smallest absolute Gasteiger partial charge is 0.193 e. The zero-order valence-electron chi connectivity index (χ0n) is 14.6. The summed E-state index contributed by atoms with van der Waals surface area (Å²) in [5.74, 6) is 0.00222. The van der Waals surface area contributed by atoms with Crippen molar-refractivity contribution in [1.82, 2.24) is 0 Å². The number of halogens is 1. The number of carbonyl (C=O) groups is 1. The third-order valence-electron chi connectivity index (χ3n) is 5.16. The van der Waals surface area contributed by atoms with Gasteiger partial charge in [-0.2, -0.15) is 0 Å². The Morgan fingerprint density at radius 3 is 2.30 bits per heavy atom. The third kappa shape index (κ3) is 3.83. The van der Waals surface area contributed by atoms with Crippen LogP contribution in [0.1, 0.15) is 49.5 Å². The third-order valence-corrected chi connectivity index (χ3v) is 9.89. The minimum absolute atomic E-state index is 0.0709. The van der Waals surface area contributed by atoms with Gasteiger partial charge in [0.1, 0.15) is 18.2 Å². The largest absolute Gasteiger partial charge is 0.490 e. The predicted octanol–water partition coefficient (Wildman–Crippen LogP) is 4.88. The Morgan fingerprint density at radius 1 is 1.22 bits per heavy atom. The summed E-state index contributed by atoms with van der Waals surface area (Å²) in [6, 6.07) is 6.48. The maximum absolute atomic E-state index is 14.0. The number of carbonyl (C=O) groups excluding carboxylic acids is 1. The van der Waals surface area contributed by atoms with Gasteiger partial charge in [-0.3, -0.25) is 4.79 Å². The Balaban J connectivity index is 2.06. The summed E-state index contributed by atoms with van der Waals surface area (Å²) >= 11 is 0. The van der Waals surface area contributed by atoms with Gasteiger partial charge < -0.3 is 9.16 Å². The van der Waals surface area contributed by atoms with E-state index in [1.807, 2.05) is 0 Å². The molecule has 128 valence electrons. The highest BCUT2D eigenvalue weighted by atomic mass is 28.4. The van der Waals surface area contributed by atoms with Crippen molar-refractivity contribution in [2.45, 2.75) is 64.3 Å². The topological polar surface area (TPSA) is 35.5 Å². The average Bonchev–Trinajstić information content (AvgIpc) is 3.34. The van der Waals surface area contributed by atoms with E-state index < -0.39 is 14.1 Å². The summed E-state index contributed by atoms with van der Waals surface area (Å²) in [4.78, 5) is 10.8. The van der Waals surface area contributed by atoms with Crippen LogP contribution in [0.3, 0.4) is 0 Å². The molecule has 0 radical (unpaired) electrons.